The van der Waals surface area contributed by atoms with E-state index in [2.05, 4.69) is 20.4 Å². The first-order valence-corrected chi connectivity index (χ1v) is 5.32. The number of aryl methyl sites for hydroxylation is 1. The van der Waals surface area contributed by atoms with Crippen LogP contribution in [0.4, 0.5) is 11.6 Å². The van der Waals surface area contributed by atoms with Gasteiger partial charge in [0, 0.05) is 18.1 Å². The lowest BCUT2D eigenvalue weighted by atomic mass is 10.4. The summed E-state index contributed by atoms with van der Waals surface area (Å²) in [6, 6.07) is 9.61. The molecule has 0 aliphatic heterocycles. The van der Waals surface area contributed by atoms with E-state index in [1.807, 2.05) is 43.5 Å². The first-order chi connectivity index (χ1) is 8.31. The van der Waals surface area contributed by atoms with Crippen LogP contribution in [0.1, 0.15) is 5.69 Å². The van der Waals surface area contributed by atoms with Crippen LogP contribution < -0.4 is 5.32 Å². The Balaban J connectivity index is 1.94. The number of hydrogen-bond acceptors (Lipinski definition) is 4. The molecule has 0 fully saturated rings. The fraction of sp³-hybridized carbons (Fsp3) is 0.0833. The number of aromatic nitrogens is 4. The van der Waals surface area contributed by atoms with Crippen molar-refractivity contribution in [1.29, 1.82) is 0 Å². The minimum absolute atomic E-state index is 0.744. The van der Waals surface area contributed by atoms with Crippen LogP contribution in [0.3, 0.4) is 0 Å². The normalized spacial score (nSPS) is 10.6. The van der Waals surface area contributed by atoms with Gasteiger partial charge < -0.3 is 5.32 Å². The number of rotatable bonds is 2. The molecule has 0 bridgehead atoms. The standard InChI is InChI=1S/C12H11N5/c1-9-3-2-4-10(14-9)15-11-5-6-12-13-7-8-17(12)16-11/h2-8H,1H3,(H,14,15,16). The maximum absolute atomic E-state index is 4.36. The fourth-order valence-corrected chi connectivity index (χ4v) is 1.63. The third-order valence-electron chi connectivity index (χ3n) is 2.40. The molecule has 0 amide bonds. The van der Waals surface area contributed by atoms with Gasteiger partial charge in [-0.25, -0.2) is 14.5 Å². The van der Waals surface area contributed by atoms with Gasteiger partial charge in [-0.15, -0.1) is 5.10 Å². The smallest absolute Gasteiger partial charge is 0.153 e. The fourth-order valence-electron chi connectivity index (χ4n) is 1.63. The van der Waals surface area contributed by atoms with Gasteiger partial charge in [-0.1, -0.05) is 6.07 Å². The number of anilines is 2. The Kier molecular flexibility index (Phi) is 2.22. The Bertz CT molecular complexity index is 659. The van der Waals surface area contributed by atoms with Crippen molar-refractivity contribution >= 4 is 17.3 Å². The van der Waals surface area contributed by atoms with Gasteiger partial charge in [0.05, 0.1) is 0 Å². The van der Waals surface area contributed by atoms with E-state index >= 15 is 0 Å². The SMILES string of the molecule is Cc1cccc(Nc2ccc3nccn3n2)n1. The van der Waals surface area contributed by atoms with E-state index in [1.54, 1.807) is 10.7 Å². The van der Waals surface area contributed by atoms with Crippen molar-refractivity contribution in [1.82, 2.24) is 19.6 Å². The monoisotopic (exact) mass is 225 g/mol. The highest BCUT2D eigenvalue weighted by molar-refractivity contribution is 5.53. The minimum Gasteiger partial charge on any atom is -0.323 e. The topological polar surface area (TPSA) is 55.1 Å². The molecular weight excluding hydrogens is 214 g/mol. The average molecular weight is 225 g/mol. The second kappa shape index (κ2) is 3.86. The van der Waals surface area contributed by atoms with Crippen LogP contribution in [0, 0.1) is 6.92 Å². The van der Waals surface area contributed by atoms with Crippen LogP contribution in [-0.4, -0.2) is 19.6 Å². The summed E-state index contributed by atoms with van der Waals surface area (Å²) in [6.45, 7) is 1.96. The molecule has 0 aliphatic carbocycles. The highest BCUT2D eigenvalue weighted by Crippen LogP contribution is 2.12. The van der Waals surface area contributed by atoms with Gasteiger partial charge in [-0.3, -0.25) is 0 Å². The van der Waals surface area contributed by atoms with Crippen molar-refractivity contribution in [3.8, 4) is 0 Å². The van der Waals surface area contributed by atoms with Crippen molar-refractivity contribution in [2.24, 2.45) is 0 Å². The molecule has 0 spiro atoms. The summed E-state index contributed by atoms with van der Waals surface area (Å²) in [5.74, 6) is 1.53. The van der Waals surface area contributed by atoms with Gasteiger partial charge in [0.1, 0.15) is 5.82 Å². The van der Waals surface area contributed by atoms with Crippen molar-refractivity contribution in [3.05, 3.63) is 48.4 Å². The van der Waals surface area contributed by atoms with E-state index in [9.17, 15) is 0 Å². The second-order valence-corrected chi connectivity index (χ2v) is 3.74. The molecular formula is C12H11N5. The Morgan fingerprint density at radius 2 is 2.06 bits per heavy atom. The number of pyridine rings is 1. The summed E-state index contributed by atoms with van der Waals surface area (Å²) in [6.07, 6.45) is 3.53. The molecule has 0 unspecified atom stereocenters. The van der Waals surface area contributed by atoms with Crippen LogP contribution in [0.5, 0.6) is 0 Å². The predicted molar refractivity (Wildman–Crippen MR) is 65.2 cm³/mol. The van der Waals surface area contributed by atoms with E-state index < -0.39 is 0 Å². The summed E-state index contributed by atoms with van der Waals surface area (Å²) in [5, 5.41) is 7.52. The molecule has 5 heteroatoms. The maximum atomic E-state index is 4.36. The van der Waals surface area contributed by atoms with Gasteiger partial charge in [0.25, 0.3) is 0 Å². The summed E-state index contributed by atoms with van der Waals surface area (Å²) in [5.41, 5.74) is 1.80. The van der Waals surface area contributed by atoms with E-state index in [0.717, 1.165) is 23.0 Å². The summed E-state index contributed by atoms with van der Waals surface area (Å²) in [4.78, 5) is 8.50. The van der Waals surface area contributed by atoms with Crippen molar-refractivity contribution in [2.45, 2.75) is 6.92 Å². The van der Waals surface area contributed by atoms with E-state index in [0.29, 0.717) is 0 Å². The Morgan fingerprint density at radius 1 is 1.12 bits per heavy atom. The second-order valence-electron chi connectivity index (χ2n) is 3.74. The predicted octanol–water partition coefficient (Wildman–Crippen LogP) is 2.18. The van der Waals surface area contributed by atoms with E-state index in [1.165, 1.54) is 0 Å². The van der Waals surface area contributed by atoms with Gasteiger partial charge >= 0.3 is 0 Å². The molecule has 0 saturated carbocycles. The van der Waals surface area contributed by atoms with E-state index in [-0.39, 0.29) is 0 Å². The molecule has 0 aromatic carbocycles. The highest BCUT2D eigenvalue weighted by Gasteiger charge is 2.00. The quantitative estimate of drug-likeness (QED) is 0.726. The minimum atomic E-state index is 0.744. The van der Waals surface area contributed by atoms with Gasteiger partial charge in [0.15, 0.2) is 11.5 Å². The molecule has 0 atom stereocenters. The number of nitrogens with zero attached hydrogens (tertiary/aromatic N) is 4. The number of nitrogens with one attached hydrogen (secondary N) is 1. The highest BCUT2D eigenvalue weighted by atomic mass is 15.3. The first kappa shape index (κ1) is 9.77. The lowest BCUT2D eigenvalue weighted by molar-refractivity contribution is 0.940. The molecule has 5 nitrogen and oxygen atoms in total. The van der Waals surface area contributed by atoms with Crippen LogP contribution in [0.25, 0.3) is 5.65 Å². The molecule has 3 aromatic rings. The molecule has 3 rings (SSSR count). The summed E-state index contributed by atoms with van der Waals surface area (Å²) in [7, 11) is 0. The summed E-state index contributed by atoms with van der Waals surface area (Å²) < 4.78 is 1.72. The zero-order valence-corrected chi connectivity index (χ0v) is 9.33. The Hall–Kier alpha value is -2.43. The average Bonchev–Trinajstić information content (AvgIpc) is 2.76. The Labute approximate surface area is 98.1 Å². The van der Waals surface area contributed by atoms with Crippen LogP contribution in [0.15, 0.2) is 42.7 Å². The third-order valence-corrected chi connectivity index (χ3v) is 2.40. The van der Waals surface area contributed by atoms with Crippen LogP contribution >= 0.6 is 0 Å². The van der Waals surface area contributed by atoms with Gasteiger partial charge in [0.2, 0.25) is 0 Å². The number of imidazole rings is 1. The number of fused-ring (bicyclic) bond motifs is 1. The maximum Gasteiger partial charge on any atom is 0.153 e. The van der Waals surface area contributed by atoms with Crippen LogP contribution in [0.2, 0.25) is 0 Å². The zero-order chi connectivity index (χ0) is 11.7. The zero-order valence-electron chi connectivity index (χ0n) is 9.33. The van der Waals surface area contributed by atoms with Crippen molar-refractivity contribution in [2.75, 3.05) is 5.32 Å². The Morgan fingerprint density at radius 3 is 2.94 bits per heavy atom. The number of hydrogen-bond donors (Lipinski definition) is 1. The molecule has 3 heterocycles. The van der Waals surface area contributed by atoms with E-state index in [4.69, 9.17) is 0 Å². The third kappa shape index (κ3) is 1.94. The van der Waals surface area contributed by atoms with Crippen molar-refractivity contribution in [3.63, 3.8) is 0 Å². The first-order valence-electron chi connectivity index (χ1n) is 5.32. The molecule has 84 valence electrons. The molecule has 3 aromatic heterocycles. The van der Waals surface area contributed by atoms with Crippen LogP contribution in [-0.2, 0) is 0 Å². The van der Waals surface area contributed by atoms with Crippen molar-refractivity contribution < 1.29 is 0 Å². The lowest BCUT2D eigenvalue weighted by Crippen LogP contribution is -2.00. The molecule has 1 N–H and O–H groups in total. The lowest BCUT2D eigenvalue weighted by Gasteiger charge is -2.05. The molecule has 0 radical (unpaired) electrons. The largest absolute Gasteiger partial charge is 0.323 e. The van der Waals surface area contributed by atoms with Gasteiger partial charge in [-0.05, 0) is 31.2 Å². The molecule has 0 aliphatic rings. The molecule has 17 heavy (non-hydrogen) atoms. The van der Waals surface area contributed by atoms with Gasteiger partial charge in [-0.2, -0.15) is 0 Å². The summed E-state index contributed by atoms with van der Waals surface area (Å²) >= 11 is 0. The molecule has 0 saturated heterocycles.